The lowest BCUT2D eigenvalue weighted by Crippen LogP contribution is -2.50. The van der Waals surface area contributed by atoms with Crippen molar-refractivity contribution in [2.45, 2.75) is 50.2 Å². The number of anilines is 1. The zero-order valence-corrected chi connectivity index (χ0v) is 16.3. The number of carbonyl (C=O) groups is 2. The van der Waals surface area contributed by atoms with Crippen molar-refractivity contribution in [2.75, 3.05) is 11.4 Å². The van der Waals surface area contributed by atoms with E-state index in [-0.39, 0.29) is 30.3 Å². The van der Waals surface area contributed by atoms with Crippen LogP contribution in [-0.2, 0) is 9.59 Å². The van der Waals surface area contributed by atoms with Gasteiger partial charge in [-0.2, -0.15) is 0 Å². The fraction of sp³-hybridized carbons (Fsp3) is 0.556. The third kappa shape index (κ3) is 3.86. The van der Waals surface area contributed by atoms with Crippen molar-refractivity contribution in [1.82, 2.24) is 10.6 Å². The monoisotopic (exact) mass is 427 g/mol. The number of rotatable bonds is 3. The Kier molecular flexibility index (Phi) is 5.71. The lowest BCUT2D eigenvalue weighted by Gasteiger charge is -2.30. The summed E-state index contributed by atoms with van der Waals surface area (Å²) in [4.78, 5) is 27.0. The number of fused-ring (bicyclic) bond motifs is 2. The van der Waals surface area contributed by atoms with E-state index >= 15 is 0 Å². The molecular formula is C18H23BrClN3O2. The highest BCUT2D eigenvalue weighted by Crippen LogP contribution is 2.29. The number of piperidine rings is 1. The Morgan fingerprint density at radius 3 is 2.60 bits per heavy atom. The van der Waals surface area contributed by atoms with Gasteiger partial charge in [-0.05, 0) is 50.3 Å². The van der Waals surface area contributed by atoms with Crippen LogP contribution in [0.5, 0.6) is 0 Å². The summed E-state index contributed by atoms with van der Waals surface area (Å²) in [6.45, 7) is 0.602. The molecule has 0 aromatic heterocycles. The van der Waals surface area contributed by atoms with Crippen LogP contribution in [0.4, 0.5) is 5.69 Å². The normalized spacial score (nSPS) is 30.9. The van der Waals surface area contributed by atoms with Crippen molar-refractivity contribution in [3.8, 4) is 0 Å². The molecule has 2 amide bonds. The van der Waals surface area contributed by atoms with E-state index in [1.165, 1.54) is 12.8 Å². The molecule has 25 heavy (non-hydrogen) atoms. The topological polar surface area (TPSA) is 61.4 Å². The molecule has 7 heteroatoms. The molecule has 136 valence electrons. The third-order valence-corrected chi connectivity index (χ3v) is 5.95. The second-order valence-corrected chi connectivity index (χ2v) is 8.04. The Bertz CT molecular complexity index is 659. The van der Waals surface area contributed by atoms with E-state index in [1.807, 2.05) is 24.3 Å². The average molecular weight is 429 g/mol. The number of nitrogens with one attached hydrogen (secondary N) is 2. The number of nitrogens with zero attached hydrogens (tertiary/aromatic N) is 1. The van der Waals surface area contributed by atoms with Crippen LogP contribution in [0.3, 0.4) is 0 Å². The lowest BCUT2D eigenvalue weighted by atomic mass is 9.98. The van der Waals surface area contributed by atoms with Gasteiger partial charge in [-0.15, -0.1) is 12.4 Å². The molecule has 3 aliphatic heterocycles. The van der Waals surface area contributed by atoms with Gasteiger partial charge in [0.1, 0.15) is 5.92 Å². The Hall–Kier alpha value is -1.11. The first-order valence-electron chi connectivity index (χ1n) is 8.73. The zero-order chi connectivity index (χ0) is 16.7. The predicted octanol–water partition coefficient (Wildman–Crippen LogP) is 2.62. The molecule has 3 atom stereocenters. The highest BCUT2D eigenvalue weighted by molar-refractivity contribution is 9.10. The molecule has 0 saturated carbocycles. The highest BCUT2D eigenvalue weighted by Gasteiger charge is 2.40. The molecule has 1 aromatic rings. The van der Waals surface area contributed by atoms with Crippen molar-refractivity contribution >= 4 is 45.8 Å². The summed E-state index contributed by atoms with van der Waals surface area (Å²) in [7, 11) is 0. The second-order valence-electron chi connectivity index (χ2n) is 7.13. The molecule has 1 aromatic carbocycles. The molecule has 3 unspecified atom stereocenters. The Balaban J connectivity index is 0.00000182. The van der Waals surface area contributed by atoms with Crippen molar-refractivity contribution in [3.05, 3.63) is 28.7 Å². The van der Waals surface area contributed by atoms with Crippen LogP contribution >= 0.6 is 28.3 Å². The Labute approximate surface area is 162 Å². The minimum atomic E-state index is -0.545. The molecular weight excluding hydrogens is 406 g/mol. The van der Waals surface area contributed by atoms with Crippen LogP contribution in [0.1, 0.15) is 32.1 Å². The van der Waals surface area contributed by atoms with Gasteiger partial charge in [-0.3, -0.25) is 9.59 Å². The van der Waals surface area contributed by atoms with Gasteiger partial charge < -0.3 is 15.5 Å². The number of benzene rings is 1. The van der Waals surface area contributed by atoms with Gasteiger partial charge in [0, 0.05) is 34.8 Å². The summed E-state index contributed by atoms with van der Waals surface area (Å²) in [5.74, 6) is -0.720. The summed E-state index contributed by atoms with van der Waals surface area (Å²) in [6.07, 6.45) is 4.97. The van der Waals surface area contributed by atoms with E-state index in [0.29, 0.717) is 25.0 Å². The van der Waals surface area contributed by atoms with Gasteiger partial charge in [0.2, 0.25) is 11.8 Å². The molecule has 0 aliphatic carbocycles. The van der Waals surface area contributed by atoms with Crippen LogP contribution in [0.2, 0.25) is 0 Å². The molecule has 2 bridgehead atoms. The number of carbonyl (C=O) groups excluding carboxylic acids is 2. The number of halogens is 2. The zero-order valence-electron chi connectivity index (χ0n) is 13.9. The fourth-order valence-electron chi connectivity index (χ4n) is 4.30. The lowest BCUT2D eigenvalue weighted by molar-refractivity contribution is -0.132. The Morgan fingerprint density at radius 1 is 1.20 bits per heavy atom. The van der Waals surface area contributed by atoms with Crippen molar-refractivity contribution in [2.24, 2.45) is 5.92 Å². The molecule has 3 saturated heterocycles. The van der Waals surface area contributed by atoms with Gasteiger partial charge in [0.05, 0.1) is 0 Å². The number of hydrogen-bond donors (Lipinski definition) is 2. The Morgan fingerprint density at radius 2 is 1.92 bits per heavy atom. The fourth-order valence-corrected chi connectivity index (χ4v) is 4.69. The summed E-state index contributed by atoms with van der Waals surface area (Å²) >= 11 is 3.43. The molecule has 3 heterocycles. The smallest absolute Gasteiger partial charge is 0.239 e. The summed E-state index contributed by atoms with van der Waals surface area (Å²) < 4.78 is 0.936. The minimum absolute atomic E-state index is 0. The largest absolute Gasteiger partial charge is 0.353 e. The van der Waals surface area contributed by atoms with Gasteiger partial charge in [0.15, 0.2) is 0 Å². The number of hydrogen-bond acceptors (Lipinski definition) is 3. The third-order valence-electron chi connectivity index (χ3n) is 5.46. The molecule has 0 radical (unpaired) electrons. The summed E-state index contributed by atoms with van der Waals surface area (Å²) in [5, 5.41) is 6.71. The van der Waals surface area contributed by atoms with Crippen LogP contribution < -0.4 is 15.5 Å². The van der Waals surface area contributed by atoms with Crippen LogP contribution in [0.25, 0.3) is 0 Å². The maximum Gasteiger partial charge on any atom is 0.239 e. The minimum Gasteiger partial charge on any atom is -0.353 e. The summed E-state index contributed by atoms with van der Waals surface area (Å²) in [5.41, 5.74) is 0.851. The first-order chi connectivity index (χ1) is 11.6. The van der Waals surface area contributed by atoms with Crippen LogP contribution in [0.15, 0.2) is 28.7 Å². The molecule has 3 aliphatic rings. The summed E-state index contributed by atoms with van der Waals surface area (Å²) in [6, 6.07) is 8.95. The molecule has 0 spiro atoms. The van der Waals surface area contributed by atoms with E-state index in [2.05, 4.69) is 26.6 Å². The first-order valence-corrected chi connectivity index (χ1v) is 9.53. The molecule has 3 fully saturated rings. The standard InChI is InChI=1S/C18H22BrN3O2.ClH/c19-11-2-1-3-15(8-11)22-7-6-16(18(22)24)17(23)21-14-9-12-4-5-13(10-14)20-12;/h1-3,8,12-14,16,20H,4-7,9-10H2,(H,21,23);1H. The van der Waals surface area contributed by atoms with E-state index in [0.717, 1.165) is 23.0 Å². The second kappa shape index (κ2) is 7.64. The van der Waals surface area contributed by atoms with E-state index < -0.39 is 5.92 Å². The molecule has 2 N–H and O–H groups in total. The quantitative estimate of drug-likeness (QED) is 0.728. The predicted molar refractivity (Wildman–Crippen MR) is 103 cm³/mol. The molecule has 4 rings (SSSR count). The first kappa shape index (κ1) is 18.7. The van der Waals surface area contributed by atoms with Crippen molar-refractivity contribution < 1.29 is 9.59 Å². The van der Waals surface area contributed by atoms with Crippen molar-refractivity contribution in [1.29, 1.82) is 0 Å². The van der Waals surface area contributed by atoms with E-state index in [1.54, 1.807) is 4.90 Å². The number of amides is 2. The SMILES string of the molecule is Cl.O=C(NC1CC2CCC(C1)N2)C1CCN(c2cccc(Br)c2)C1=O. The molecule has 5 nitrogen and oxygen atoms in total. The maximum absolute atomic E-state index is 12.7. The van der Waals surface area contributed by atoms with Crippen LogP contribution in [0, 0.1) is 5.92 Å². The van der Waals surface area contributed by atoms with Gasteiger partial charge in [-0.25, -0.2) is 0 Å². The highest BCUT2D eigenvalue weighted by atomic mass is 79.9. The maximum atomic E-state index is 12.7. The van der Waals surface area contributed by atoms with Gasteiger partial charge in [0.25, 0.3) is 0 Å². The van der Waals surface area contributed by atoms with Crippen LogP contribution in [-0.4, -0.2) is 36.5 Å². The van der Waals surface area contributed by atoms with E-state index in [9.17, 15) is 9.59 Å². The van der Waals surface area contributed by atoms with E-state index in [4.69, 9.17) is 0 Å². The van der Waals surface area contributed by atoms with Gasteiger partial charge in [-0.1, -0.05) is 22.0 Å². The van der Waals surface area contributed by atoms with Gasteiger partial charge >= 0.3 is 0 Å². The average Bonchev–Trinajstić information content (AvgIpc) is 3.10. The van der Waals surface area contributed by atoms with Crippen molar-refractivity contribution in [3.63, 3.8) is 0 Å².